The molecule has 0 unspecified atom stereocenters. The zero-order chi connectivity index (χ0) is 3.58. The summed E-state index contributed by atoms with van der Waals surface area (Å²) in [6.45, 7) is 8.75. The normalized spacial score (nSPS) is 5.00. The predicted molar refractivity (Wildman–Crippen MR) is 20.2 cm³/mol. The van der Waals surface area contributed by atoms with Crippen LogP contribution in [0.4, 0.5) is 0 Å². The molecule has 0 aliphatic carbocycles. The van der Waals surface area contributed by atoms with Gasteiger partial charge in [0.2, 0.25) is 0 Å². The zero-order valence-electron chi connectivity index (χ0n) is 3.62. The molecule has 0 fully saturated rings. The molecule has 0 aromatic rings. The molecule has 0 heterocycles. The van der Waals surface area contributed by atoms with Crippen LogP contribution in [-0.4, -0.2) is 0 Å². The molecule has 0 N–H and O–H groups in total. The van der Waals surface area contributed by atoms with Crippen molar-refractivity contribution in [2.24, 2.45) is 0 Å². The molecule has 0 saturated heterocycles. The molecule has 26 valence electrons. The van der Waals surface area contributed by atoms with E-state index in [1.165, 1.54) is 0 Å². The van der Waals surface area contributed by atoms with Crippen LogP contribution in [0.15, 0.2) is 12.2 Å². The van der Waals surface area contributed by atoms with E-state index in [2.05, 4.69) is 13.5 Å². The van der Waals surface area contributed by atoms with E-state index in [9.17, 15) is 0 Å². The van der Waals surface area contributed by atoms with Gasteiger partial charge in [0.1, 0.15) is 0 Å². The van der Waals surface area contributed by atoms with Crippen molar-refractivity contribution in [2.45, 2.75) is 6.92 Å². The van der Waals surface area contributed by atoms with E-state index in [4.69, 9.17) is 0 Å². The second-order valence-electron chi connectivity index (χ2n) is 0.957. The first kappa shape index (κ1) is 9.49. The van der Waals surface area contributed by atoms with Crippen LogP contribution in [0.1, 0.15) is 6.92 Å². The predicted octanol–water partition coefficient (Wildman–Crippen LogP) is 1.40. The van der Waals surface area contributed by atoms with Crippen LogP contribution < -0.4 is 0 Å². The number of allylic oxidation sites excluding steroid dienone is 1. The van der Waals surface area contributed by atoms with Gasteiger partial charge in [-0.25, -0.2) is 19.1 Å². The van der Waals surface area contributed by atoms with Gasteiger partial charge in [-0.3, -0.25) is 0 Å². The van der Waals surface area contributed by atoms with Crippen LogP contribution in [0, 0.1) is 6.92 Å². The van der Waals surface area contributed by atoms with E-state index in [0.29, 0.717) is 0 Å². The van der Waals surface area contributed by atoms with Gasteiger partial charge in [0.05, 0.1) is 0 Å². The summed E-state index contributed by atoms with van der Waals surface area (Å²) in [5, 5.41) is 0. The van der Waals surface area contributed by atoms with Crippen LogP contribution in [0.2, 0.25) is 0 Å². The van der Waals surface area contributed by atoms with Crippen LogP contribution in [-0.2, 0) is 0 Å². The second kappa shape index (κ2) is 2.61. The minimum absolute atomic E-state index is 0. The first-order valence-electron chi connectivity index (χ1n) is 1.21. The van der Waals surface area contributed by atoms with Gasteiger partial charge in [0.15, 0.2) is 0 Å². The van der Waals surface area contributed by atoms with E-state index < -0.39 is 0 Å². The van der Waals surface area contributed by atoms with Crippen molar-refractivity contribution in [1.82, 2.24) is 0 Å². The number of hydrogen-bond acceptors (Lipinski definition) is 0. The van der Waals surface area contributed by atoms with E-state index in [1.54, 1.807) is 0 Å². The Labute approximate surface area is 27.1 Å². The molecular weight excluding hydrogens is 315 g/mol. The molecule has 0 aromatic carbocycles. The number of rotatable bonds is 0. The third-order valence-corrected chi connectivity index (χ3v) is 0. The molecular formula is C4H7Rf-. The van der Waals surface area contributed by atoms with Gasteiger partial charge in [0.25, 0.3) is 0 Å². The molecule has 0 nitrogen and oxygen atoms in total. The van der Waals surface area contributed by atoms with Crippen LogP contribution in [0.5, 0.6) is 0 Å². The summed E-state index contributed by atoms with van der Waals surface area (Å²) >= 11 is 0. The average molecular weight is 322 g/mol. The summed E-state index contributed by atoms with van der Waals surface area (Å²) in [6.07, 6.45) is 0. The molecule has 5 heavy (non-hydrogen) atoms. The monoisotopic (exact) mass is 322 g/mol. The van der Waals surface area contributed by atoms with Gasteiger partial charge in [-0.1, -0.05) is 6.92 Å². The maximum absolute atomic E-state index is 3.44. The molecule has 0 aliphatic heterocycles. The number of hydrogen-bond donors (Lipinski definition) is 0. The van der Waals surface area contributed by atoms with E-state index in [0.717, 1.165) is 5.57 Å². The summed E-state index contributed by atoms with van der Waals surface area (Å²) in [6, 6.07) is 0. The molecule has 0 spiro atoms. The minimum atomic E-state index is 0. The quantitative estimate of drug-likeness (QED) is 0.592. The molecule has 0 aliphatic rings. The van der Waals surface area contributed by atoms with Gasteiger partial charge >= 0.3 is 0 Å². The largest absolute Gasteiger partial charge is 0.242 e. The fourth-order valence-electron chi connectivity index (χ4n) is 0. The molecule has 1 heteroatoms. The van der Waals surface area contributed by atoms with Gasteiger partial charge in [0, 0.05) is 0 Å². The molecule has 0 aromatic heterocycles. The van der Waals surface area contributed by atoms with Crippen molar-refractivity contribution >= 4 is 0 Å². The van der Waals surface area contributed by atoms with Crippen LogP contribution >= 0.6 is 0 Å². The van der Waals surface area contributed by atoms with Crippen LogP contribution in [0.25, 0.3) is 0 Å². The van der Waals surface area contributed by atoms with E-state index >= 15 is 0 Å². The van der Waals surface area contributed by atoms with Gasteiger partial charge < -0.3 is 0 Å². The Kier molecular flexibility index (Phi) is 4.95. The first-order chi connectivity index (χ1) is 1.73. The Morgan fingerprint density at radius 3 is 1.80 bits per heavy atom. The summed E-state index contributed by atoms with van der Waals surface area (Å²) in [4.78, 5) is 0. The summed E-state index contributed by atoms with van der Waals surface area (Å²) in [5.41, 5.74) is 0.917. The van der Waals surface area contributed by atoms with Crippen molar-refractivity contribution < 1.29 is 0 Å². The standard InChI is InChI=1S/C4H7.Rf/c1-4(2)3;/h1-2H2,3H3;/q-1;. The molecule has 0 amide bonds. The fraction of sp³-hybridized carbons (Fsp3) is 0.250. The molecule has 0 radical (unpaired) electrons. The Bertz CT molecular complexity index is 26.6. The Hall–Kier alpha value is -1.39. The topological polar surface area (TPSA) is 0 Å². The molecule has 0 bridgehead atoms. The van der Waals surface area contributed by atoms with Crippen molar-refractivity contribution in [3.05, 3.63) is 19.1 Å². The van der Waals surface area contributed by atoms with Crippen molar-refractivity contribution in [3.63, 3.8) is 0 Å². The Morgan fingerprint density at radius 1 is 1.80 bits per heavy atom. The maximum atomic E-state index is 3.44. The van der Waals surface area contributed by atoms with E-state index in [-0.39, 0.29) is 0 Å². The fourth-order valence-corrected chi connectivity index (χ4v) is 0. The minimum Gasteiger partial charge on any atom is -0.242 e. The van der Waals surface area contributed by atoms with E-state index in [1.807, 2.05) is 6.92 Å². The maximum Gasteiger partial charge on any atom is 0 e. The third-order valence-electron chi connectivity index (χ3n) is 0. The van der Waals surface area contributed by atoms with Gasteiger partial charge in [-0.15, -0.1) is 0 Å². The zero-order valence-corrected chi connectivity index (χ0v) is 10.0. The van der Waals surface area contributed by atoms with Gasteiger partial charge in [-0.05, 0) is 0 Å². The molecule has 0 rings (SSSR count). The first-order valence-corrected chi connectivity index (χ1v) is 1.21. The summed E-state index contributed by atoms with van der Waals surface area (Å²) in [5.74, 6) is 0. The summed E-state index contributed by atoms with van der Waals surface area (Å²) in [7, 11) is 0. The SMILES string of the molecule is C=C([CH2-])C.[Rf]. The van der Waals surface area contributed by atoms with Gasteiger partial charge in [-0.2, -0.15) is 0 Å². The van der Waals surface area contributed by atoms with Crippen LogP contribution in [0.3, 0.4) is 0 Å². The third kappa shape index (κ3) is 0.503. The van der Waals surface area contributed by atoms with Crippen molar-refractivity contribution in [1.29, 1.82) is 0 Å². The second-order valence-corrected chi connectivity index (χ2v) is 0.957. The summed E-state index contributed by atoms with van der Waals surface area (Å²) < 4.78 is 0. The van der Waals surface area contributed by atoms with Crippen molar-refractivity contribution in [3.8, 4) is 0 Å². The molecule has 0 atom stereocenters. The average Bonchev–Trinajstić information content (AvgIpc) is 0.811. The smallest absolute Gasteiger partial charge is 0 e. The Balaban J connectivity index is 0. The Morgan fingerprint density at radius 2 is 1.80 bits per heavy atom. The van der Waals surface area contributed by atoms with Crippen molar-refractivity contribution in [2.75, 3.05) is 0 Å². The molecule has 0 saturated carbocycles.